The van der Waals surface area contributed by atoms with E-state index in [9.17, 15) is 0 Å². The maximum absolute atomic E-state index is 6.08. The lowest BCUT2D eigenvalue weighted by Crippen LogP contribution is -2.47. The predicted molar refractivity (Wildman–Crippen MR) is 102 cm³/mol. The van der Waals surface area contributed by atoms with Crippen molar-refractivity contribution in [3.8, 4) is 11.3 Å². The lowest BCUT2D eigenvalue weighted by atomic mass is 10.1. The van der Waals surface area contributed by atoms with Gasteiger partial charge in [-0.1, -0.05) is 37.6 Å². The van der Waals surface area contributed by atoms with Gasteiger partial charge in [0.1, 0.15) is 18.1 Å². The van der Waals surface area contributed by atoms with Crippen LogP contribution in [0.3, 0.4) is 0 Å². The number of fused-ring (bicyclic) bond motifs is 1. The number of amidine groups is 1. The van der Waals surface area contributed by atoms with E-state index in [0.29, 0.717) is 12.6 Å². The van der Waals surface area contributed by atoms with E-state index in [1.165, 1.54) is 0 Å². The van der Waals surface area contributed by atoms with E-state index >= 15 is 0 Å². The van der Waals surface area contributed by atoms with Crippen molar-refractivity contribution < 1.29 is 4.74 Å². The van der Waals surface area contributed by atoms with Crippen LogP contribution >= 0.6 is 0 Å². The molecule has 5 nitrogen and oxygen atoms in total. The standard InChI is InChI=1S/C20H26N4O/c1-4-8-14(2)22-20-19(12-21-15(3)23-20)25-13-17-11-16-9-6-5-7-10-18(16)24-17/h5-7,9-12,14,19-20,22H,4,8,13H2,1-3H3/t14-,19?,20?/m1/s1. The van der Waals surface area contributed by atoms with Crippen LogP contribution < -0.4 is 5.32 Å². The Kier molecular flexibility index (Phi) is 5.89. The fourth-order valence-electron chi connectivity index (χ4n) is 3.04. The number of nitrogens with zero attached hydrogens (tertiary/aromatic N) is 3. The van der Waals surface area contributed by atoms with Crippen LogP contribution in [0.2, 0.25) is 0 Å². The Bertz CT molecular complexity index is 697. The zero-order valence-electron chi connectivity index (χ0n) is 15.1. The first-order chi connectivity index (χ1) is 12.2. The molecule has 0 saturated carbocycles. The molecule has 0 fully saturated rings. The molecule has 0 aromatic carbocycles. The third-order valence-electron chi connectivity index (χ3n) is 4.28. The molecule has 0 aromatic rings. The molecule has 25 heavy (non-hydrogen) atoms. The smallest absolute Gasteiger partial charge is 0.133 e. The molecule has 1 aliphatic carbocycles. The Hall–Kier alpha value is -2.11. The third-order valence-corrected chi connectivity index (χ3v) is 4.28. The summed E-state index contributed by atoms with van der Waals surface area (Å²) in [6.07, 6.45) is 3.83. The van der Waals surface area contributed by atoms with E-state index in [1.807, 2.05) is 37.4 Å². The second kappa shape index (κ2) is 8.32. The van der Waals surface area contributed by atoms with Crippen LogP contribution in [0.1, 0.15) is 39.3 Å². The van der Waals surface area contributed by atoms with Crippen LogP contribution in [0.25, 0.3) is 11.3 Å². The molecule has 0 saturated heterocycles. The molecule has 1 N–H and O–H groups in total. The van der Waals surface area contributed by atoms with E-state index in [-0.39, 0.29) is 12.3 Å². The molecule has 3 aliphatic rings. The van der Waals surface area contributed by atoms with Gasteiger partial charge in [-0.15, -0.1) is 0 Å². The first-order valence-electron chi connectivity index (χ1n) is 8.96. The molecule has 0 spiro atoms. The summed E-state index contributed by atoms with van der Waals surface area (Å²) in [7, 11) is 0. The largest absolute Gasteiger partial charge is 0.363 e. The lowest BCUT2D eigenvalue weighted by Gasteiger charge is -2.27. The minimum Gasteiger partial charge on any atom is -0.363 e. The van der Waals surface area contributed by atoms with Gasteiger partial charge < -0.3 is 4.74 Å². The van der Waals surface area contributed by atoms with Crippen molar-refractivity contribution in [3.05, 3.63) is 42.1 Å². The van der Waals surface area contributed by atoms with Crippen LogP contribution in [-0.4, -0.2) is 35.3 Å². The second-order valence-electron chi connectivity index (χ2n) is 6.53. The molecular formula is C20H26N4O. The van der Waals surface area contributed by atoms with E-state index in [2.05, 4.69) is 46.3 Å². The zero-order valence-corrected chi connectivity index (χ0v) is 15.1. The van der Waals surface area contributed by atoms with Gasteiger partial charge >= 0.3 is 0 Å². The highest BCUT2D eigenvalue weighted by Crippen LogP contribution is 2.22. The maximum atomic E-state index is 6.08. The molecule has 3 rings (SSSR count). The van der Waals surface area contributed by atoms with Gasteiger partial charge in [-0.05, 0) is 32.4 Å². The van der Waals surface area contributed by atoms with Crippen LogP contribution in [0.4, 0.5) is 0 Å². The monoisotopic (exact) mass is 338 g/mol. The summed E-state index contributed by atoms with van der Waals surface area (Å²) < 4.78 is 6.08. The fourth-order valence-corrected chi connectivity index (χ4v) is 3.04. The van der Waals surface area contributed by atoms with Crippen molar-refractivity contribution in [2.75, 3.05) is 0 Å². The van der Waals surface area contributed by atoms with Gasteiger partial charge in [0.2, 0.25) is 0 Å². The summed E-state index contributed by atoms with van der Waals surface area (Å²) >= 11 is 0. The minimum absolute atomic E-state index is 0.0961. The summed E-state index contributed by atoms with van der Waals surface area (Å²) in [6, 6.07) is 12.6. The third kappa shape index (κ3) is 4.71. The van der Waals surface area contributed by atoms with Crippen molar-refractivity contribution in [1.29, 1.82) is 0 Å². The molecule has 0 bridgehead atoms. The topological polar surface area (TPSA) is 58.9 Å². The van der Waals surface area contributed by atoms with Gasteiger partial charge in [0, 0.05) is 17.8 Å². The average Bonchev–Trinajstić information content (AvgIpc) is 2.83. The molecule has 132 valence electrons. The van der Waals surface area contributed by atoms with Crippen molar-refractivity contribution in [3.63, 3.8) is 0 Å². The molecule has 5 heteroatoms. The van der Waals surface area contributed by atoms with Gasteiger partial charge in [-0.2, -0.15) is 0 Å². The molecule has 2 heterocycles. The lowest BCUT2D eigenvalue weighted by molar-refractivity contribution is 0.0581. The maximum Gasteiger partial charge on any atom is 0.133 e. The Balaban J connectivity index is 1.65. The van der Waals surface area contributed by atoms with Gasteiger partial charge in [0.25, 0.3) is 0 Å². The number of ether oxygens (including phenoxy) is 1. The molecule has 2 unspecified atom stereocenters. The molecule has 0 aromatic heterocycles. The summed E-state index contributed by atoms with van der Waals surface area (Å²) in [5.41, 5.74) is 3.04. The summed E-state index contributed by atoms with van der Waals surface area (Å²) in [4.78, 5) is 13.6. The predicted octanol–water partition coefficient (Wildman–Crippen LogP) is 3.68. The number of nitrogens with one attached hydrogen (secondary N) is 1. The number of aliphatic imine (C=N–C) groups is 2. The Morgan fingerprint density at radius 3 is 2.92 bits per heavy atom. The fraction of sp³-hybridized carbons (Fsp3) is 0.450. The van der Waals surface area contributed by atoms with Gasteiger partial charge in [-0.25, -0.2) is 9.98 Å². The highest BCUT2D eigenvalue weighted by Gasteiger charge is 2.25. The van der Waals surface area contributed by atoms with Crippen LogP contribution in [0.5, 0.6) is 0 Å². The SMILES string of the molecule is CCC[C@@H](C)NC1N=C(C)N=CC1OCc1cc2cccccc-2n1. The van der Waals surface area contributed by atoms with Crippen LogP contribution in [-0.2, 0) is 11.3 Å². The van der Waals surface area contributed by atoms with E-state index < -0.39 is 0 Å². The summed E-state index contributed by atoms with van der Waals surface area (Å²) in [6.45, 7) is 6.73. The van der Waals surface area contributed by atoms with Crippen molar-refractivity contribution in [2.45, 2.75) is 58.5 Å². The second-order valence-corrected chi connectivity index (χ2v) is 6.53. The van der Waals surface area contributed by atoms with Crippen LogP contribution in [0, 0.1) is 0 Å². The van der Waals surface area contributed by atoms with Gasteiger partial charge in [0.05, 0.1) is 18.0 Å². The van der Waals surface area contributed by atoms with E-state index in [1.54, 1.807) is 0 Å². The Morgan fingerprint density at radius 2 is 2.08 bits per heavy atom. The van der Waals surface area contributed by atoms with Crippen LogP contribution in [0.15, 0.2) is 46.4 Å². The zero-order chi connectivity index (χ0) is 17.6. The van der Waals surface area contributed by atoms with Crippen molar-refractivity contribution in [1.82, 2.24) is 10.3 Å². The van der Waals surface area contributed by atoms with Gasteiger partial charge in [-0.3, -0.25) is 10.3 Å². The number of hydrogen-bond donors (Lipinski definition) is 1. The Morgan fingerprint density at radius 1 is 1.24 bits per heavy atom. The van der Waals surface area contributed by atoms with E-state index in [0.717, 1.165) is 35.6 Å². The average molecular weight is 338 g/mol. The molecular weight excluding hydrogens is 312 g/mol. The first kappa shape index (κ1) is 17.7. The number of hydrogen-bond acceptors (Lipinski definition) is 5. The first-order valence-corrected chi connectivity index (χ1v) is 8.96. The van der Waals surface area contributed by atoms with Crippen molar-refractivity contribution >= 4 is 12.1 Å². The minimum atomic E-state index is -0.182. The molecule has 0 amide bonds. The van der Waals surface area contributed by atoms with Gasteiger partial charge in [0.15, 0.2) is 0 Å². The van der Waals surface area contributed by atoms with E-state index in [4.69, 9.17) is 4.74 Å². The molecule has 3 atom stereocenters. The highest BCUT2D eigenvalue weighted by atomic mass is 16.5. The summed E-state index contributed by atoms with van der Waals surface area (Å²) in [5, 5.41) is 3.54. The normalized spacial score (nSPS) is 21.3. The number of rotatable bonds is 7. The number of aromatic nitrogens is 1. The van der Waals surface area contributed by atoms with Crippen molar-refractivity contribution in [2.24, 2.45) is 9.98 Å². The molecule has 0 radical (unpaired) electrons. The molecule has 2 aliphatic heterocycles. The highest BCUT2D eigenvalue weighted by molar-refractivity contribution is 5.91. The Labute approximate surface area is 149 Å². The summed E-state index contributed by atoms with van der Waals surface area (Å²) in [5.74, 6) is 0.783. The quantitative estimate of drug-likeness (QED) is 0.838.